The van der Waals surface area contributed by atoms with Gasteiger partial charge in [-0.25, -0.2) is 4.98 Å². The van der Waals surface area contributed by atoms with Gasteiger partial charge in [0.2, 0.25) is 0 Å². The Morgan fingerprint density at radius 2 is 2.26 bits per heavy atom. The van der Waals surface area contributed by atoms with Crippen molar-refractivity contribution in [3.63, 3.8) is 0 Å². The van der Waals surface area contributed by atoms with Crippen molar-refractivity contribution in [3.8, 4) is 6.07 Å². The summed E-state index contributed by atoms with van der Waals surface area (Å²) < 4.78 is 0. The molecule has 2 heterocycles. The lowest BCUT2D eigenvalue weighted by Gasteiger charge is -2.28. The number of rotatable bonds is 3. The van der Waals surface area contributed by atoms with Crippen molar-refractivity contribution in [1.29, 1.82) is 5.26 Å². The van der Waals surface area contributed by atoms with Gasteiger partial charge in [0.25, 0.3) is 5.91 Å². The zero-order valence-corrected chi connectivity index (χ0v) is 11.1. The molecular formula is C14H18N4O. The number of piperidine rings is 1. The predicted molar refractivity (Wildman–Crippen MR) is 71.5 cm³/mol. The van der Waals surface area contributed by atoms with E-state index >= 15 is 0 Å². The van der Waals surface area contributed by atoms with Crippen LogP contribution in [0.3, 0.4) is 0 Å². The van der Waals surface area contributed by atoms with Crippen LogP contribution >= 0.6 is 0 Å². The summed E-state index contributed by atoms with van der Waals surface area (Å²) in [5.74, 6) is 0.391. The number of nitrogens with one attached hydrogen (secondary N) is 1. The minimum atomic E-state index is -0.164. The summed E-state index contributed by atoms with van der Waals surface area (Å²) >= 11 is 0. The van der Waals surface area contributed by atoms with E-state index in [4.69, 9.17) is 5.26 Å². The van der Waals surface area contributed by atoms with Crippen molar-refractivity contribution in [2.45, 2.75) is 12.8 Å². The highest BCUT2D eigenvalue weighted by molar-refractivity contribution is 5.92. The molecule has 1 aliphatic rings. The van der Waals surface area contributed by atoms with Crippen molar-refractivity contribution in [3.05, 3.63) is 29.6 Å². The van der Waals surface area contributed by atoms with Crippen molar-refractivity contribution in [1.82, 2.24) is 15.2 Å². The Kier molecular flexibility index (Phi) is 4.48. The summed E-state index contributed by atoms with van der Waals surface area (Å²) in [5, 5.41) is 11.6. The smallest absolute Gasteiger partial charge is 0.269 e. The van der Waals surface area contributed by atoms with Crippen LogP contribution in [0.25, 0.3) is 0 Å². The molecule has 1 amide bonds. The molecule has 2 rings (SSSR count). The van der Waals surface area contributed by atoms with Gasteiger partial charge in [0.1, 0.15) is 11.8 Å². The van der Waals surface area contributed by atoms with Crippen molar-refractivity contribution in [2.24, 2.45) is 5.92 Å². The third kappa shape index (κ3) is 3.76. The first-order chi connectivity index (χ1) is 9.19. The molecule has 1 aromatic rings. The van der Waals surface area contributed by atoms with Crippen LogP contribution in [-0.4, -0.2) is 42.5 Å². The maximum atomic E-state index is 11.9. The van der Waals surface area contributed by atoms with E-state index in [1.807, 2.05) is 6.07 Å². The molecule has 0 unspecified atom stereocenters. The molecule has 0 bridgehead atoms. The van der Waals surface area contributed by atoms with Gasteiger partial charge in [-0.1, -0.05) is 0 Å². The highest BCUT2D eigenvalue weighted by Crippen LogP contribution is 2.14. The van der Waals surface area contributed by atoms with Gasteiger partial charge in [-0.15, -0.1) is 0 Å². The van der Waals surface area contributed by atoms with Crippen LogP contribution in [0.4, 0.5) is 0 Å². The van der Waals surface area contributed by atoms with Crippen LogP contribution in [0.15, 0.2) is 18.3 Å². The molecule has 1 saturated heterocycles. The van der Waals surface area contributed by atoms with Gasteiger partial charge in [-0.05, 0) is 51.0 Å². The van der Waals surface area contributed by atoms with E-state index in [1.165, 1.54) is 6.20 Å². The Hall–Kier alpha value is -1.93. The third-order valence-corrected chi connectivity index (χ3v) is 3.51. The quantitative estimate of drug-likeness (QED) is 0.879. The highest BCUT2D eigenvalue weighted by Gasteiger charge is 2.17. The first kappa shape index (κ1) is 13.5. The summed E-state index contributed by atoms with van der Waals surface area (Å²) in [4.78, 5) is 18.2. The normalized spacial score (nSPS) is 16.8. The van der Waals surface area contributed by atoms with E-state index in [-0.39, 0.29) is 5.91 Å². The number of nitrogens with zero attached hydrogens (tertiary/aromatic N) is 3. The molecule has 5 heteroatoms. The van der Waals surface area contributed by atoms with Gasteiger partial charge in [0.15, 0.2) is 0 Å². The fourth-order valence-corrected chi connectivity index (χ4v) is 2.19. The van der Waals surface area contributed by atoms with Gasteiger partial charge in [-0.2, -0.15) is 5.26 Å². The Morgan fingerprint density at radius 3 is 2.84 bits per heavy atom. The zero-order valence-electron chi connectivity index (χ0n) is 11.1. The van der Waals surface area contributed by atoms with E-state index in [9.17, 15) is 4.79 Å². The second-order valence-corrected chi connectivity index (χ2v) is 5.00. The fourth-order valence-electron chi connectivity index (χ4n) is 2.19. The minimum Gasteiger partial charge on any atom is -0.350 e. The van der Waals surface area contributed by atoms with Crippen molar-refractivity contribution in [2.75, 3.05) is 26.7 Å². The van der Waals surface area contributed by atoms with Crippen LogP contribution < -0.4 is 5.32 Å². The molecule has 0 saturated carbocycles. The number of aromatic nitrogens is 1. The molecule has 0 atom stereocenters. The van der Waals surface area contributed by atoms with Crippen LogP contribution in [0.5, 0.6) is 0 Å². The summed E-state index contributed by atoms with van der Waals surface area (Å²) in [6.45, 7) is 2.89. The van der Waals surface area contributed by atoms with Gasteiger partial charge in [-0.3, -0.25) is 4.79 Å². The molecule has 1 aromatic heterocycles. The molecule has 0 aliphatic carbocycles. The van der Waals surface area contributed by atoms with Crippen LogP contribution in [-0.2, 0) is 0 Å². The molecule has 1 aliphatic heterocycles. The highest BCUT2D eigenvalue weighted by atomic mass is 16.1. The molecule has 5 nitrogen and oxygen atoms in total. The first-order valence-corrected chi connectivity index (χ1v) is 6.52. The third-order valence-electron chi connectivity index (χ3n) is 3.51. The zero-order chi connectivity index (χ0) is 13.7. The van der Waals surface area contributed by atoms with Gasteiger partial charge in [0.05, 0.1) is 5.56 Å². The predicted octanol–water partition coefficient (Wildman–Crippen LogP) is 1.02. The summed E-state index contributed by atoms with van der Waals surface area (Å²) in [6, 6.07) is 5.18. The Balaban J connectivity index is 1.82. The average Bonchev–Trinajstić information content (AvgIpc) is 2.46. The van der Waals surface area contributed by atoms with E-state index < -0.39 is 0 Å². The molecular weight excluding hydrogens is 240 g/mol. The monoisotopic (exact) mass is 258 g/mol. The number of hydrogen-bond donors (Lipinski definition) is 1. The molecule has 0 radical (unpaired) electrons. The van der Waals surface area contributed by atoms with E-state index in [0.717, 1.165) is 25.9 Å². The number of amides is 1. The second-order valence-electron chi connectivity index (χ2n) is 5.00. The molecule has 100 valence electrons. The van der Waals surface area contributed by atoms with E-state index in [2.05, 4.69) is 22.2 Å². The topological polar surface area (TPSA) is 69.0 Å². The fraction of sp³-hybridized carbons (Fsp3) is 0.500. The number of hydrogen-bond acceptors (Lipinski definition) is 4. The maximum absolute atomic E-state index is 11.9. The molecule has 0 aromatic carbocycles. The van der Waals surface area contributed by atoms with Crippen LogP contribution in [0.1, 0.15) is 28.9 Å². The van der Waals surface area contributed by atoms with Crippen molar-refractivity contribution < 1.29 is 4.79 Å². The Morgan fingerprint density at radius 1 is 1.53 bits per heavy atom. The lowest BCUT2D eigenvalue weighted by atomic mass is 9.97. The van der Waals surface area contributed by atoms with Crippen LogP contribution in [0, 0.1) is 17.2 Å². The number of nitriles is 1. The Bertz CT molecular complexity index is 469. The SMILES string of the molecule is CN1CCC(CNC(=O)c2ccc(C#N)cn2)CC1. The molecule has 19 heavy (non-hydrogen) atoms. The first-order valence-electron chi connectivity index (χ1n) is 6.52. The standard InChI is InChI=1S/C14H18N4O/c1-18-6-4-11(5-7-18)9-17-14(19)13-3-2-12(8-15)10-16-13/h2-3,10-11H,4-7,9H2,1H3,(H,17,19). The van der Waals surface area contributed by atoms with Gasteiger partial charge in [0, 0.05) is 12.7 Å². The molecule has 1 N–H and O–H groups in total. The largest absolute Gasteiger partial charge is 0.350 e. The van der Waals surface area contributed by atoms with Gasteiger partial charge >= 0.3 is 0 Å². The van der Waals surface area contributed by atoms with E-state index in [0.29, 0.717) is 23.7 Å². The van der Waals surface area contributed by atoms with Gasteiger partial charge < -0.3 is 10.2 Å². The minimum absolute atomic E-state index is 0.164. The lowest BCUT2D eigenvalue weighted by Crippen LogP contribution is -2.37. The Labute approximate surface area is 113 Å². The average molecular weight is 258 g/mol. The summed E-state index contributed by atoms with van der Waals surface area (Å²) in [7, 11) is 2.12. The number of pyridine rings is 1. The van der Waals surface area contributed by atoms with Crippen molar-refractivity contribution >= 4 is 5.91 Å². The summed E-state index contributed by atoms with van der Waals surface area (Å²) in [6.07, 6.45) is 3.67. The lowest BCUT2D eigenvalue weighted by molar-refractivity contribution is 0.0934. The number of likely N-dealkylation sites (tertiary alicyclic amines) is 1. The molecule has 1 fully saturated rings. The molecule has 0 spiro atoms. The van der Waals surface area contributed by atoms with Crippen LogP contribution in [0.2, 0.25) is 0 Å². The summed E-state index contributed by atoms with van der Waals surface area (Å²) in [5.41, 5.74) is 0.832. The maximum Gasteiger partial charge on any atom is 0.269 e. The second kappa shape index (κ2) is 6.30. The number of carbonyl (C=O) groups is 1. The number of carbonyl (C=O) groups excluding carboxylic acids is 1. The van der Waals surface area contributed by atoms with E-state index in [1.54, 1.807) is 12.1 Å².